The zero-order valence-electron chi connectivity index (χ0n) is 10.7. The summed E-state index contributed by atoms with van der Waals surface area (Å²) in [7, 11) is 1.94. The molecule has 2 aromatic carbocycles. The highest BCUT2D eigenvalue weighted by Gasteiger charge is 2.16. The summed E-state index contributed by atoms with van der Waals surface area (Å²) >= 11 is 9.40. The largest absolute Gasteiger partial charge is 0.350 e. The molecular weight excluding hydrogens is 338 g/mol. The second-order valence-corrected chi connectivity index (χ2v) is 5.89. The number of carbonyl (C=O) groups is 1. The normalized spacial score (nSPS) is 10.9. The molecule has 0 saturated carbocycles. The number of ketones is 1. The lowest BCUT2D eigenvalue weighted by atomic mass is 10.0. The first-order valence-electron chi connectivity index (χ1n) is 6.12. The molecule has 2 nitrogen and oxygen atoms in total. The van der Waals surface area contributed by atoms with E-state index >= 15 is 0 Å². The van der Waals surface area contributed by atoms with Gasteiger partial charge in [0.25, 0.3) is 0 Å². The van der Waals surface area contributed by atoms with Gasteiger partial charge in [-0.05, 0) is 40.2 Å². The van der Waals surface area contributed by atoms with E-state index in [2.05, 4.69) is 15.9 Å². The molecule has 0 radical (unpaired) electrons. The third kappa shape index (κ3) is 2.17. The Hall–Kier alpha value is -1.58. The first-order chi connectivity index (χ1) is 9.58. The van der Waals surface area contributed by atoms with Crippen molar-refractivity contribution in [3.8, 4) is 0 Å². The van der Waals surface area contributed by atoms with Crippen molar-refractivity contribution in [2.45, 2.75) is 0 Å². The van der Waals surface area contributed by atoms with Crippen molar-refractivity contribution in [2.75, 3.05) is 0 Å². The van der Waals surface area contributed by atoms with Gasteiger partial charge in [-0.1, -0.05) is 29.8 Å². The minimum absolute atomic E-state index is 0.0174. The maximum atomic E-state index is 12.6. The topological polar surface area (TPSA) is 22.0 Å². The third-order valence-corrected chi connectivity index (χ3v) is 4.56. The highest BCUT2D eigenvalue weighted by atomic mass is 79.9. The van der Waals surface area contributed by atoms with E-state index in [1.54, 1.807) is 18.2 Å². The summed E-state index contributed by atoms with van der Waals surface area (Å²) in [4.78, 5) is 12.6. The summed E-state index contributed by atoms with van der Waals surface area (Å²) in [6, 6.07) is 13.1. The zero-order chi connectivity index (χ0) is 14.3. The van der Waals surface area contributed by atoms with Crippen molar-refractivity contribution in [2.24, 2.45) is 7.05 Å². The van der Waals surface area contributed by atoms with Crippen molar-refractivity contribution in [3.63, 3.8) is 0 Å². The van der Waals surface area contributed by atoms with Gasteiger partial charge in [-0.3, -0.25) is 4.79 Å². The second kappa shape index (κ2) is 5.08. The van der Waals surface area contributed by atoms with E-state index in [-0.39, 0.29) is 5.78 Å². The molecule has 20 heavy (non-hydrogen) atoms. The Morgan fingerprint density at radius 2 is 1.95 bits per heavy atom. The molecule has 0 aliphatic rings. The minimum atomic E-state index is -0.0174. The van der Waals surface area contributed by atoms with Gasteiger partial charge in [-0.2, -0.15) is 0 Å². The Balaban J connectivity index is 2.15. The van der Waals surface area contributed by atoms with Gasteiger partial charge in [0.1, 0.15) is 0 Å². The molecule has 3 aromatic rings. The summed E-state index contributed by atoms with van der Waals surface area (Å²) < 4.78 is 2.75. The smallest absolute Gasteiger partial charge is 0.195 e. The SMILES string of the molecule is Cn1cc(C(=O)c2ccc(Br)c(Cl)c2)c2ccccc21. The molecule has 0 aliphatic carbocycles. The number of para-hydroxylation sites is 1. The van der Waals surface area contributed by atoms with Gasteiger partial charge in [0.15, 0.2) is 5.78 Å². The van der Waals surface area contributed by atoms with Crippen molar-refractivity contribution >= 4 is 44.2 Å². The molecule has 0 unspecified atom stereocenters. The van der Waals surface area contributed by atoms with E-state index in [1.165, 1.54) is 0 Å². The van der Waals surface area contributed by atoms with Crippen LogP contribution in [-0.4, -0.2) is 10.4 Å². The van der Waals surface area contributed by atoms with Crippen molar-refractivity contribution in [1.29, 1.82) is 0 Å². The van der Waals surface area contributed by atoms with Crippen molar-refractivity contribution in [3.05, 3.63) is 69.3 Å². The van der Waals surface area contributed by atoms with Crippen LogP contribution in [0.2, 0.25) is 5.02 Å². The molecule has 0 aliphatic heterocycles. The van der Waals surface area contributed by atoms with Gasteiger partial charge in [-0.25, -0.2) is 0 Å². The molecule has 100 valence electrons. The quantitative estimate of drug-likeness (QED) is 0.608. The Bertz CT molecular complexity index is 822. The number of fused-ring (bicyclic) bond motifs is 1. The average Bonchev–Trinajstić information content (AvgIpc) is 2.79. The van der Waals surface area contributed by atoms with Crippen LogP contribution >= 0.6 is 27.5 Å². The number of aromatic nitrogens is 1. The highest BCUT2D eigenvalue weighted by molar-refractivity contribution is 9.10. The van der Waals surface area contributed by atoms with Crippen LogP contribution in [0.3, 0.4) is 0 Å². The lowest BCUT2D eigenvalue weighted by molar-refractivity contribution is 0.104. The van der Waals surface area contributed by atoms with Gasteiger partial charge < -0.3 is 4.57 Å². The summed E-state index contributed by atoms with van der Waals surface area (Å²) in [5.74, 6) is -0.0174. The Morgan fingerprint density at radius 3 is 2.70 bits per heavy atom. The fraction of sp³-hybridized carbons (Fsp3) is 0.0625. The lowest BCUT2D eigenvalue weighted by Gasteiger charge is -2.02. The molecule has 0 saturated heterocycles. The molecule has 0 bridgehead atoms. The average molecular weight is 349 g/mol. The summed E-state index contributed by atoms with van der Waals surface area (Å²) in [5, 5.41) is 1.50. The maximum Gasteiger partial charge on any atom is 0.195 e. The molecule has 0 atom stereocenters. The summed E-state index contributed by atoms with van der Waals surface area (Å²) in [6.07, 6.45) is 1.86. The van der Waals surface area contributed by atoms with E-state index < -0.39 is 0 Å². The van der Waals surface area contributed by atoms with Gasteiger partial charge in [0.2, 0.25) is 0 Å². The molecular formula is C16H11BrClNO. The summed E-state index contributed by atoms with van der Waals surface area (Å²) in [6.45, 7) is 0. The molecule has 4 heteroatoms. The van der Waals surface area contributed by atoms with E-state index in [4.69, 9.17) is 11.6 Å². The molecule has 0 fully saturated rings. The number of hydrogen-bond acceptors (Lipinski definition) is 1. The lowest BCUT2D eigenvalue weighted by Crippen LogP contribution is -2.00. The number of benzene rings is 2. The molecule has 0 N–H and O–H groups in total. The Kier molecular flexibility index (Phi) is 3.40. The number of aryl methyl sites for hydroxylation is 1. The standard InChI is InChI=1S/C16H11BrClNO/c1-19-9-12(11-4-2-3-5-15(11)19)16(20)10-6-7-13(17)14(18)8-10/h2-9H,1H3. The van der Waals surface area contributed by atoms with E-state index in [9.17, 15) is 4.79 Å². The Labute approximate surface area is 130 Å². The maximum absolute atomic E-state index is 12.6. The van der Waals surface area contributed by atoms with Crippen LogP contribution in [0.4, 0.5) is 0 Å². The predicted molar refractivity (Wildman–Crippen MR) is 85.5 cm³/mol. The predicted octanol–water partition coefficient (Wildman–Crippen LogP) is 4.83. The van der Waals surface area contributed by atoms with E-state index in [0.717, 1.165) is 15.4 Å². The minimum Gasteiger partial charge on any atom is -0.350 e. The number of halogens is 2. The third-order valence-electron chi connectivity index (χ3n) is 3.32. The molecule has 0 spiro atoms. The van der Waals surface area contributed by atoms with Crippen LogP contribution in [0.25, 0.3) is 10.9 Å². The molecule has 1 heterocycles. The van der Waals surface area contributed by atoms with Crippen molar-refractivity contribution in [1.82, 2.24) is 4.57 Å². The molecule has 3 rings (SSSR count). The monoisotopic (exact) mass is 347 g/mol. The van der Waals surface area contributed by atoms with Crippen LogP contribution in [0.5, 0.6) is 0 Å². The number of carbonyl (C=O) groups excluding carboxylic acids is 1. The van der Waals surface area contributed by atoms with Crippen LogP contribution in [-0.2, 0) is 7.05 Å². The number of hydrogen-bond donors (Lipinski definition) is 0. The number of rotatable bonds is 2. The zero-order valence-corrected chi connectivity index (χ0v) is 13.1. The van der Waals surface area contributed by atoms with Crippen LogP contribution in [0.1, 0.15) is 15.9 Å². The van der Waals surface area contributed by atoms with Gasteiger partial charge in [0.05, 0.1) is 5.02 Å². The van der Waals surface area contributed by atoms with Crippen LogP contribution in [0.15, 0.2) is 53.1 Å². The fourth-order valence-corrected chi connectivity index (χ4v) is 2.74. The Morgan fingerprint density at radius 1 is 1.20 bits per heavy atom. The summed E-state index contributed by atoms with van der Waals surface area (Å²) in [5.41, 5.74) is 2.33. The molecule has 0 amide bonds. The van der Waals surface area contributed by atoms with Crippen LogP contribution < -0.4 is 0 Å². The van der Waals surface area contributed by atoms with E-state index in [0.29, 0.717) is 16.1 Å². The second-order valence-electron chi connectivity index (χ2n) is 4.63. The van der Waals surface area contributed by atoms with Crippen LogP contribution in [0, 0.1) is 0 Å². The van der Waals surface area contributed by atoms with Crippen molar-refractivity contribution < 1.29 is 4.79 Å². The van der Waals surface area contributed by atoms with Gasteiger partial charge >= 0.3 is 0 Å². The first kappa shape index (κ1) is 13.4. The van der Waals surface area contributed by atoms with E-state index in [1.807, 2.05) is 42.1 Å². The molecule has 1 aromatic heterocycles. The fourth-order valence-electron chi connectivity index (χ4n) is 2.32. The number of nitrogens with zero attached hydrogens (tertiary/aromatic N) is 1. The van der Waals surface area contributed by atoms with Gasteiger partial charge in [-0.15, -0.1) is 0 Å². The van der Waals surface area contributed by atoms with Gasteiger partial charge in [0, 0.05) is 39.7 Å². The first-order valence-corrected chi connectivity index (χ1v) is 7.29. The highest BCUT2D eigenvalue weighted by Crippen LogP contribution is 2.27.